The van der Waals surface area contributed by atoms with Gasteiger partial charge in [-0.3, -0.25) is 9.78 Å². The fraction of sp³-hybridized carbons (Fsp3) is 0.105. The highest BCUT2D eigenvalue weighted by Gasteiger charge is 2.12. The average Bonchev–Trinajstić information content (AvgIpc) is 3.18. The number of aryl methyl sites for hydroxylation is 1. The number of aromatic nitrogens is 3. The van der Waals surface area contributed by atoms with Crippen molar-refractivity contribution in [3.05, 3.63) is 66.7 Å². The summed E-state index contributed by atoms with van der Waals surface area (Å²) in [5, 5.41) is 6.24. The van der Waals surface area contributed by atoms with E-state index < -0.39 is 0 Å². The molecule has 0 fully saturated rings. The van der Waals surface area contributed by atoms with E-state index >= 15 is 0 Å². The first-order valence-electron chi connectivity index (χ1n) is 7.98. The topological polar surface area (TPSA) is 64.2 Å². The number of hydrogen-bond acceptors (Lipinski definition) is 3. The van der Waals surface area contributed by atoms with E-state index in [1.807, 2.05) is 58.8 Å². The van der Waals surface area contributed by atoms with Crippen molar-refractivity contribution in [3.8, 4) is 0 Å². The van der Waals surface area contributed by atoms with Crippen molar-refractivity contribution in [3.63, 3.8) is 0 Å². The normalized spacial score (nSPS) is 11.6. The van der Waals surface area contributed by atoms with Gasteiger partial charge in [0.25, 0.3) is 5.91 Å². The summed E-state index contributed by atoms with van der Waals surface area (Å²) in [6.07, 6.45) is 7.11. The van der Waals surface area contributed by atoms with Crippen LogP contribution in [0.4, 0.5) is 0 Å². The van der Waals surface area contributed by atoms with Crippen LogP contribution in [0.1, 0.15) is 5.69 Å². The highest BCUT2D eigenvalue weighted by Crippen LogP contribution is 2.27. The predicted octanol–water partition coefficient (Wildman–Crippen LogP) is 2.68. The van der Waals surface area contributed by atoms with E-state index in [4.69, 9.17) is 0 Å². The quantitative estimate of drug-likeness (QED) is 0.461. The molecule has 1 aromatic carbocycles. The van der Waals surface area contributed by atoms with Gasteiger partial charge in [-0.1, -0.05) is 18.2 Å². The van der Waals surface area contributed by atoms with E-state index in [0.29, 0.717) is 0 Å². The summed E-state index contributed by atoms with van der Waals surface area (Å²) >= 11 is 0. The second kappa shape index (κ2) is 6.24. The van der Waals surface area contributed by atoms with Crippen molar-refractivity contribution in [2.24, 2.45) is 12.1 Å². The van der Waals surface area contributed by atoms with Crippen LogP contribution in [0.15, 0.2) is 66.2 Å². The second-order valence-electron chi connectivity index (χ2n) is 5.83. The maximum absolute atomic E-state index is 12.3. The van der Waals surface area contributed by atoms with Crippen LogP contribution in [0.2, 0.25) is 0 Å². The molecule has 1 amide bonds. The lowest BCUT2D eigenvalue weighted by Crippen LogP contribution is -2.23. The SMILES string of the molecule is Cn1cccc1/C=N/NC(=O)Cn1c2ccccc2c2ccncc21. The number of fused-ring (bicyclic) bond motifs is 3. The van der Waals surface area contributed by atoms with Crippen LogP contribution in [0.3, 0.4) is 0 Å². The molecule has 0 atom stereocenters. The third-order valence-corrected chi connectivity index (χ3v) is 4.25. The Hall–Kier alpha value is -3.41. The van der Waals surface area contributed by atoms with Crippen LogP contribution in [-0.4, -0.2) is 26.2 Å². The molecule has 4 aromatic rings. The van der Waals surface area contributed by atoms with Gasteiger partial charge in [0.1, 0.15) is 6.54 Å². The van der Waals surface area contributed by atoms with Gasteiger partial charge in [0.05, 0.1) is 23.6 Å². The van der Waals surface area contributed by atoms with E-state index in [9.17, 15) is 4.79 Å². The highest BCUT2D eigenvalue weighted by atomic mass is 16.2. The fourth-order valence-electron chi connectivity index (χ4n) is 3.02. The van der Waals surface area contributed by atoms with E-state index in [1.54, 1.807) is 18.6 Å². The van der Waals surface area contributed by atoms with Gasteiger partial charge in [-0.2, -0.15) is 5.10 Å². The first kappa shape index (κ1) is 15.1. The van der Waals surface area contributed by atoms with Crippen LogP contribution in [-0.2, 0) is 18.4 Å². The first-order chi connectivity index (χ1) is 12.2. The van der Waals surface area contributed by atoms with Gasteiger partial charge in [-0.05, 0) is 24.3 Å². The van der Waals surface area contributed by atoms with Crippen molar-refractivity contribution in [1.82, 2.24) is 19.5 Å². The number of carbonyl (C=O) groups excluding carboxylic acids is 1. The molecule has 0 saturated heterocycles. The summed E-state index contributed by atoms with van der Waals surface area (Å²) in [7, 11) is 1.92. The molecule has 0 bridgehead atoms. The molecule has 6 nitrogen and oxygen atoms in total. The number of benzene rings is 1. The van der Waals surface area contributed by atoms with Gasteiger partial charge in [0.15, 0.2) is 0 Å². The summed E-state index contributed by atoms with van der Waals surface area (Å²) in [5.41, 5.74) is 5.45. The molecule has 6 heteroatoms. The number of rotatable bonds is 4. The molecule has 1 N–H and O–H groups in total. The minimum Gasteiger partial charge on any atom is -0.350 e. The third-order valence-electron chi connectivity index (χ3n) is 4.25. The van der Waals surface area contributed by atoms with Gasteiger partial charge in [-0.25, -0.2) is 5.43 Å². The Kier molecular flexibility index (Phi) is 3.78. The molecule has 4 rings (SSSR count). The molecule has 124 valence electrons. The molecule has 0 radical (unpaired) electrons. The predicted molar refractivity (Wildman–Crippen MR) is 98.4 cm³/mol. The van der Waals surface area contributed by atoms with Gasteiger partial charge >= 0.3 is 0 Å². The Morgan fingerprint density at radius 2 is 2.00 bits per heavy atom. The third kappa shape index (κ3) is 2.78. The standard InChI is InChI=1S/C19H17N5O/c1-23-10-4-5-14(23)11-21-22-19(25)13-24-17-7-3-2-6-15(17)16-8-9-20-12-18(16)24/h2-12H,13H2,1H3,(H,22,25)/b21-11+. The first-order valence-corrected chi connectivity index (χ1v) is 7.98. The molecular weight excluding hydrogens is 314 g/mol. The molecule has 3 heterocycles. The van der Waals surface area contributed by atoms with Gasteiger partial charge < -0.3 is 9.13 Å². The summed E-state index contributed by atoms with van der Waals surface area (Å²) in [6.45, 7) is 0.181. The zero-order valence-electron chi connectivity index (χ0n) is 13.8. The summed E-state index contributed by atoms with van der Waals surface area (Å²) in [6, 6.07) is 13.9. The number of nitrogens with zero attached hydrogens (tertiary/aromatic N) is 4. The molecule has 0 aliphatic rings. The van der Waals surface area contributed by atoms with Crippen LogP contribution < -0.4 is 5.43 Å². The van der Waals surface area contributed by atoms with E-state index in [2.05, 4.69) is 21.6 Å². The zero-order valence-corrected chi connectivity index (χ0v) is 13.8. The van der Waals surface area contributed by atoms with E-state index in [-0.39, 0.29) is 12.5 Å². The Morgan fingerprint density at radius 1 is 1.16 bits per heavy atom. The number of para-hydroxylation sites is 1. The van der Waals surface area contributed by atoms with Crippen molar-refractivity contribution in [1.29, 1.82) is 0 Å². The molecule has 0 spiro atoms. The number of amides is 1. The maximum Gasteiger partial charge on any atom is 0.260 e. The van der Waals surface area contributed by atoms with Crippen LogP contribution in [0.5, 0.6) is 0 Å². The van der Waals surface area contributed by atoms with Gasteiger partial charge in [-0.15, -0.1) is 0 Å². The molecule has 0 unspecified atom stereocenters. The summed E-state index contributed by atoms with van der Waals surface area (Å²) in [5.74, 6) is -0.183. The Labute approximate surface area is 144 Å². The van der Waals surface area contributed by atoms with Crippen LogP contribution >= 0.6 is 0 Å². The Balaban J connectivity index is 1.60. The average molecular weight is 331 g/mol. The number of nitrogens with one attached hydrogen (secondary N) is 1. The second-order valence-corrected chi connectivity index (χ2v) is 5.83. The molecule has 0 aliphatic carbocycles. The maximum atomic E-state index is 12.3. The van der Waals surface area contributed by atoms with Crippen LogP contribution in [0, 0.1) is 0 Å². The zero-order chi connectivity index (χ0) is 17.2. The molecule has 3 aromatic heterocycles. The molecule has 25 heavy (non-hydrogen) atoms. The number of carbonyl (C=O) groups is 1. The monoisotopic (exact) mass is 331 g/mol. The van der Waals surface area contributed by atoms with E-state index in [0.717, 1.165) is 27.5 Å². The fourth-order valence-corrected chi connectivity index (χ4v) is 3.02. The minimum atomic E-state index is -0.183. The highest BCUT2D eigenvalue weighted by molar-refractivity contribution is 6.08. The Morgan fingerprint density at radius 3 is 2.84 bits per heavy atom. The lowest BCUT2D eigenvalue weighted by molar-refractivity contribution is -0.121. The lowest BCUT2D eigenvalue weighted by atomic mass is 10.2. The van der Waals surface area contributed by atoms with Crippen molar-refractivity contribution >= 4 is 33.9 Å². The smallest absolute Gasteiger partial charge is 0.260 e. The number of pyridine rings is 1. The number of hydrogen-bond donors (Lipinski definition) is 1. The van der Waals surface area contributed by atoms with Gasteiger partial charge in [0, 0.05) is 35.7 Å². The summed E-state index contributed by atoms with van der Waals surface area (Å²) < 4.78 is 3.89. The van der Waals surface area contributed by atoms with E-state index in [1.165, 1.54) is 0 Å². The van der Waals surface area contributed by atoms with Gasteiger partial charge in [0.2, 0.25) is 0 Å². The summed E-state index contributed by atoms with van der Waals surface area (Å²) in [4.78, 5) is 16.5. The molecule has 0 aliphatic heterocycles. The van der Waals surface area contributed by atoms with Crippen molar-refractivity contribution in [2.45, 2.75) is 6.54 Å². The minimum absolute atomic E-state index is 0.181. The lowest BCUT2D eigenvalue weighted by Gasteiger charge is -2.06. The number of hydrazone groups is 1. The van der Waals surface area contributed by atoms with Crippen molar-refractivity contribution < 1.29 is 4.79 Å². The molecular formula is C19H17N5O. The largest absolute Gasteiger partial charge is 0.350 e. The Bertz CT molecular complexity index is 1040. The van der Waals surface area contributed by atoms with Crippen LogP contribution in [0.25, 0.3) is 21.8 Å². The van der Waals surface area contributed by atoms with Crippen molar-refractivity contribution in [2.75, 3.05) is 0 Å². The molecule has 0 saturated carbocycles.